The first kappa shape index (κ1) is 21.0. The zero-order valence-corrected chi connectivity index (χ0v) is 19.1. The van der Waals surface area contributed by atoms with Crippen LogP contribution >= 0.6 is 11.3 Å². The Kier molecular flexibility index (Phi) is 4.99. The Balaban J connectivity index is 1.40. The molecule has 0 spiro atoms. The summed E-state index contributed by atoms with van der Waals surface area (Å²) in [6.07, 6.45) is 4.46. The highest BCUT2D eigenvalue weighted by Gasteiger charge is 2.32. The highest BCUT2D eigenvalue weighted by Crippen LogP contribution is 2.45. The maximum absolute atomic E-state index is 13.7. The van der Waals surface area contributed by atoms with Gasteiger partial charge >= 0.3 is 0 Å². The van der Waals surface area contributed by atoms with Gasteiger partial charge in [-0.15, -0.1) is 5.10 Å². The maximum Gasteiger partial charge on any atom is 0.263 e. The molecular formula is C23H20F2N8S. The number of fused-ring (bicyclic) bond motifs is 1. The average Bonchev–Trinajstić information content (AvgIpc) is 3.77. The number of hydrogen-bond acceptors (Lipinski definition) is 8. The van der Waals surface area contributed by atoms with Crippen molar-refractivity contribution >= 4 is 28.1 Å². The molecule has 8 nitrogen and oxygen atoms in total. The fraction of sp³-hybridized carbons (Fsp3) is 0.391. The summed E-state index contributed by atoms with van der Waals surface area (Å²) >= 11 is 1.24. The van der Waals surface area contributed by atoms with Crippen molar-refractivity contribution in [3.8, 4) is 11.2 Å². The van der Waals surface area contributed by atoms with E-state index in [0.29, 0.717) is 38.5 Å². The summed E-state index contributed by atoms with van der Waals surface area (Å²) < 4.78 is 29.0. The summed E-state index contributed by atoms with van der Waals surface area (Å²) in [4.78, 5) is 18.4. The third kappa shape index (κ3) is 3.77. The molecule has 0 saturated heterocycles. The van der Waals surface area contributed by atoms with Crippen LogP contribution in [0.3, 0.4) is 0 Å². The van der Waals surface area contributed by atoms with E-state index in [1.54, 1.807) is 10.7 Å². The summed E-state index contributed by atoms with van der Waals surface area (Å²) in [5.74, 6) is 2.45. The number of nitrogens with one attached hydrogen (secondary N) is 1. The molecule has 172 valence electrons. The molecule has 0 unspecified atom stereocenters. The molecule has 0 bridgehead atoms. The number of anilines is 1. The molecular weight excluding hydrogens is 458 g/mol. The molecule has 2 saturated carbocycles. The third-order valence-corrected chi connectivity index (χ3v) is 7.05. The van der Waals surface area contributed by atoms with E-state index in [1.165, 1.54) is 29.9 Å². The number of rotatable bonds is 7. The average molecular weight is 479 g/mol. The zero-order valence-electron chi connectivity index (χ0n) is 18.2. The number of aromatic nitrogens is 6. The van der Waals surface area contributed by atoms with Crippen LogP contribution in [0.15, 0.2) is 24.7 Å². The molecule has 11 heteroatoms. The van der Waals surface area contributed by atoms with Crippen molar-refractivity contribution in [1.29, 1.82) is 5.26 Å². The molecule has 4 aromatic rings. The highest BCUT2D eigenvalue weighted by atomic mass is 32.1. The number of hydrogen-bond donors (Lipinski definition) is 1. The Hall–Kier alpha value is -3.52. The molecule has 1 aromatic carbocycles. The van der Waals surface area contributed by atoms with Gasteiger partial charge in [0.25, 0.3) is 6.43 Å². The molecule has 1 atom stereocenters. The van der Waals surface area contributed by atoms with Gasteiger partial charge in [0.2, 0.25) is 5.13 Å². The van der Waals surface area contributed by atoms with Gasteiger partial charge in [-0.1, -0.05) is 11.3 Å². The topological polar surface area (TPSA) is 105 Å². The van der Waals surface area contributed by atoms with E-state index in [9.17, 15) is 14.0 Å². The molecule has 3 aromatic heterocycles. The number of nitrogens with zero attached hydrogens (tertiary/aromatic N) is 7. The second-order valence-electron chi connectivity index (χ2n) is 8.80. The minimum Gasteiger partial charge on any atom is -0.360 e. The van der Waals surface area contributed by atoms with Crippen LogP contribution in [0, 0.1) is 11.3 Å². The normalized spacial score (nSPS) is 16.7. The largest absolute Gasteiger partial charge is 0.360 e. The summed E-state index contributed by atoms with van der Waals surface area (Å²) in [7, 11) is 0. The molecule has 0 amide bonds. The molecule has 0 aliphatic heterocycles. The van der Waals surface area contributed by atoms with Gasteiger partial charge in [0.05, 0.1) is 17.8 Å². The van der Waals surface area contributed by atoms with Crippen molar-refractivity contribution in [3.63, 3.8) is 0 Å². The lowest BCUT2D eigenvalue weighted by Gasteiger charge is -2.17. The predicted octanol–water partition coefficient (Wildman–Crippen LogP) is 5.40. The molecule has 2 fully saturated rings. The van der Waals surface area contributed by atoms with Crippen LogP contribution in [0.5, 0.6) is 0 Å². The van der Waals surface area contributed by atoms with Crippen LogP contribution in [0.1, 0.15) is 84.6 Å². The first-order valence-corrected chi connectivity index (χ1v) is 12.0. The molecule has 3 heterocycles. The van der Waals surface area contributed by atoms with Gasteiger partial charge in [0, 0.05) is 16.9 Å². The van der Waals surface area contributed by atoms with Gasteiger partial charge in [-0.05, 0) is 56.2 Å². The minimum atomic E-state index is -2.57. The maximum atomic E-state index is 13.7. The first-order valence-electron chi connectivity index (χ1n) is 11.2. The zero-order chi connectivity index (χ0) is 23.4. The van der Waals surface area contributed by atoms with Crippen LogP contribution in [-0.4, -0.2) is 29.7 Å². The fourth-order valence-electron chi connectivity index (χ4n) is 4.13. The standard InChI is InChI=1S/C23H20F2N8S/c1-11(22-31-20(13-4-5-13)32-33(22)23-27-9-15(8-26)34-23)30-21-17-7-14(19(24)25)6-16(12-2-3-12)18(17)28-10-29-21/h6-7,9-13,19H,2-5H2,1H3,(H,28,29,30)/t11-/m0/s1. The van der Waals surface area contributed by atoms with E-state index in [2.05, 4.69) is 31.4 Å². The van der Waals surface area contributed by atoms with Crippen LogP contribution in [0.25, 0.3) is 16.0 Å². The van der Waals surface area contributed by atoms with Gasteiger partial charge in [0.15, 0.2) is 11.6 Å². The van der Waals surface area contributed by atoms with Gasteiger partial charge in [0.1, 0.15) is 23.1 Å². The highest BCUT2D eigenvalue weighted by molar-refractivity contribution is 7.14. The Labute approximate surface area is 197 Å². The third-order valence-electron chi connectivity index (χ3n) is 6.18. The lowest BCUT2D eigenvalue weighted by molar-refractivity contribution is 0.151. The number of alkyl halides is 2. The van der Waals surface area contributed by atoms with Crippen LogP contribution < -0.4 is 5.32 Å². The van der Waals surface area contributed by atoms with Crippen LogP contribution in [0.4, 0.5) is 14.6 Å². The number of benzene rings is 1. The number of nitriles is 1. The van der Waals surface area contributed by atoms with E-state index in [0.717, 1.165) is 37.1 Å². The SMILES string of the molecule is C[C@H](Nc1ncnc2c(C3CC3)cc(C(F)F)cc12)c1nc(C2CC2)nn1-c1ncc(C#N)s1. The summed E-state index contributed by atoms with van der Waals surface area (Å²) in [5, 5.41) is 18.3. The quantitative estimate of drug-likeness (QED) is 0.379. The van der Waals surface area contributed by atoms with E-state index in [-0.39, 0.29) is 17.5 Å². The smallest absolute Gasteiger partial charge is 0.263 e. The van der Waals surface area contributed by atoms with Crippen molar-refractivity contribution in [2.75, 3.05) is 5.32 Å². The van der Waals surface area contributed by atoms with Crippen molar-refractivity contribution in [3.05, 3.63) is 52.3 Å². The Bertz CT molecular complexity index is 1430. The molecule has 0 radical (unpaired) electrons. The Morgan fingerprint density at radius 3 is 2.62 bits per heavy atom. The molecule has 6 rings (SSSR count). The van der Waals surface area contributed by atoms with Gasteiger partial charge in [-0.2, -0.15) is 9.94 Å². The van der Waals surface area contributed by atoms with Gasteiger partial charge in [-0.3, -0.25) is 0 Å². The summed E-state index contributed by atoms with van der Waals surface area (Å²) in [6.45, 7) is 1.92. The number of thiazole rings is 1. The minimum absolute atomic E-state index is 0.0223. The lowest BCUT2D eigenvalue weighted by atomic mass is 10.0. The van der Waals surface area contributed by atoms with Gasteiger partial charge in [-0.25, -0.2) is 28.7 Å². The van der Waals surface area contributed by atoms with Gasteiger partial charge < -0.3 is 5.32 Å². The van der Waals surface area contributed by atoms with Crippen molar-refractivity contribution in [2.24, 2.45) is 0 Å². The van der Waals surface area contributed by atoms with E-state index in [4.69, 9.17) is 4.98 Å². The second kappa shape index (κ2) is 8.06. The summed E-state index contributed by atoms with van der Waals surface area (Å²) in [6, 6.07) is 4.80. The molecule has 2 aliphatic carbocycles. The van der Waals surface area contributed by atoms with E-state index in [1.807, 2.05) is 6.92 Å². The van der Waals surface area contributed by atoms with Crippen molar-refractivity contribution < 1.29 is 8.78 Å². The molecule has 1 N–H and O–H groups in total. The Morgan fingerprint density at radius 2 is 1.94 bits per heavy atom. The monoisotopic (exact) mass is 478 g/mol. The van der Waals surface area contributed by atoms with Crippen LogP contribution in [0.2, 0.25) is 0 Å². The van der Waals surface area contributed by atoms with Crippen molar-refractivity contribution in [2.45, 2.75) is 56.9 Å². The van der Waals surface area contributed by atoms with Crippen molar-refractivity contribution in [1.82, 2.24) is 29.7 Å². The fourth-order valence-corrected chi connectivity index (χ4v) is 4.80. The first-order chi connectivity index (χ1) is 16.5. The van der Waals surface area contributed by atoms with E-state index >= 15 is 0 Å². The predicted molar refractivity (Wildman–Crippen MR) is 122 cm³/mol. The summed E-state index contributed by atoms with van der Waals surface area (Å²) in [5.41, 5.74) is 1.54. The second-order valence-corrected chi connectivity index (χ2v) is 9.81. The van der Waals surface area contributed by atoms with Crippen LogP contribution in [-0.2, 0) is 0 Å². The molecule has 2 aliphatic rings. The van der Waals surface area contributed by atoms with E-state index < -0.39 is 6.43 Å². The lowest BCUT2D eigenvalue weighted by Crippen LogP contribution is -2.15. The molecule has 34 heavy (non-hydrogen) atoms. The Morgan fingerprint density at radius 1 is 1.15 bits per heavy atom. The number of halogens is 2.